The number of aromatic nitrogens is 1. The van der Waals surface area contributed by atoms with Gasteiger partial charge in [0.2, 0.25) is 0 Å². The summed E-state index contributed by atoms with van der Waals surface area (Å²) in [5.41, 5.74) is 1.20. The zero-order valence-corrected chi connectivity index (χ0v) is 7.97. The lowest BCUT2D eigenvalue weighted by atomic mass is 10.0. The number of hydrogen-bond donors (Lipinski definition) is 2. The molecule has 0 unspecified atom stereocenters. The third-order valence-electron chi connectivity index (χ3n) is 2.62. The summed E-state index contributed by atoms with van der Waals surface area (Å²) in [5, 5.41) is 3.48. The second kappa shape index (κ2) is 3.83. The number of aromatic amines is 1. The second-order valence-electron chi connectivity index (χ2n) is 3.46. The van der Waals surface area contributed by atoms with Gasteiger partial charge in [0, 0.05) is 6.20 Å². The summed E-state index contributed by atoms with van der Waals surface area (Å²) in [4.78, 5) is 3.24. The summed E-state index contributed by atoms with van der Waals surface area (Å²) in [6.45, 7) is 1.12. The molecule has 0 spiro atoms. The molecule has 1 atom stereocenters. The van der Waals surface area contributed by atoms with Crippen molar-refractivity contribution in [2.24, 2.45) is 0 Å². The molecular weight excluding hydrogens is 164 g/mol. The van der Waals surface area contributed by atoms with E-state index in [2.05, 4.69) is 10.3 Å². The smallest absolute Gasteiger partial charge is 0.141 e. The highest BCUT2D eigenvalue weighted by atomic mass is 16.5. The molecule has 0 aliphatic carbocycles. The van der Waals surface area contributed by atoms with E-state index in [9.17, 15) is 0 Å². The minimum atomic E-state index is 0.457. The molecule has 0 radical (unpaired) electrons. The van der Waals surface area contributed by atoms with Gasteiger partial charge in [-0.2, -0.15) is 0 Å². The lowest BCUT2D eigenvalue weighted by Crippen LogP contribution is -2.27. The van der Waals surface area contributed by atoms with Gasteiger partial charge in [0.15, 0.2) is 0 Å². The van der Waals surface area contributed by atoms with Gasteiger partial charge in [-0.25, -0.2) is 0 Å². The highest BCUT2D eigenvalue weighted by molar-refractivity contribution is 5.30. The molecule has 2 N–H and O–H groups in total. The molecule has 1 saturated heterocycles. The minimum Gasteiger partial charge on any atom is -0.495 e. The summed E-state index contributed by atoms with van der Waals surface area (Å²) in [6, 6.07) is 2.43. The van der Waals surface area contributed by atoms with E-state index in [4.69, 9.17) is 4.74 Å². The Balaban J connectivity index is 2.13. The molecule has 1 aromatic heterocycles. The molecule has 3 heteroatoms. The first kappa shape index (κ1) is 8.63. The first-order valence-electron chi connectivity index (χ1n) is 4.86. The summed E-state index contributed by atoms with van der Waals surface area (Å²) < 4.78 is 5.27. The van der Waals surface area contributed by atoms with Gasteiger partial charge in [0.25, 0.3) is 0 Å². The van der Waals surface area contributed by atoms with E-state index in [1.165, 1.54) is 25.0 Å². The molecule has 0 bridgehead atoms. The van der Waals surface area contributed by atoms with Crippen LogP contribution in [0, 0.1) is 0 Å². The van der Waals surface area contributed by atoms with E-state index in [-0.39, 0.29) is 0 Å². The number of hydrogen-bond acceptors (Lipinski definition) is 2. The van der Waals surface area contributed by atoms with Crippen LogP contribution in [0.15, 0.2) is 12.3 Å². The second-order valence-corrected chi connectivity index (χ2v) is 3.46. The average Bonchev–Trinajstić information content (AvgIpc) is 2.67. The lowest BCUT2D eigenvalue weighted by molar-refractivity contribution is 0.370. The third kappa shape index (κ3) is 1.70. The van der Waals surface area contributed by atoms with E-state index >= 15 is 0 Å². The van der Waals surface area contributed by atoms with Crippen LogP contribution in [0.5, 0.6) is 5.75 Å². The highest BCUT2D eigenvalue weighted by Crippen LogP contribution is 2.28. The quantitative estimate of drug-likeness (QED) is 0.728. The van der Waals surface area contributed by atoms with Crippen LogP contribution in [-0.4, -0.2) is 18.6 Å². The van der Waals surface area contributed by atoms with Crippen LogP contribution in [0.1, 0.15) is 31.0 Å². The van der Waals surface area contributed by atoms with Crippen LogP contribution < -0.4 is 10.1 Å². The van der Waals surface area contributed by atoms with Crippen LogP contribution in [0.2, 0.25) is 0 Å². The summed E-state index contributed by atoms with van der Waals surface area (Å²) in [5.74, 6) is 0.972. The van der Waals surface area contributed by atoms with Crippen LogP contribution in [0.3, 0.4) is 0 Å². The molecular formula is C10H16N2O. The van der Waals surface area contributed by atoms with Gasteiger partial charge in [-0.3, -0.25) is 0 Å². The molecule has 1 aliphatic heterocycles. The van der Waals surface area contributed by atoms with Crippen LogP contribution in [0.4, 0.5) is 0 Å². The number of ether oxygens (including phenoxy) is 1. The molecule has 0 saturated carbocycles. The number of nitrogens with one attached hydrogen (secondary N) is 2. The van der Waals surface area contributed by atoms with Crippen molar-refractivity contribution in [3.63, 3.8) is 0 Å². The standard InChI is InChI=1S/C10H16N2O/c1-13-9-5-7-12-10(9)8-4-2-3-6-11-8/h5,7-8,11-12H,2-4,6H2,1H3/t8-/m1/s1. The zero-order chi connectivity index (χ0) is 9.10. The Morgan fingerprint density at radius 2 is 2.38 bits per heavy atom. The Hall–Kier alpha value is -0.960. The molecule has 72 valence electrons. The Bertz CT molecular complexity index is 264. The van der Waals surface area contributed by atoms with E-state index in [0.29, 0.717) is 6.04 Å². The van der Waals surface area contributed by atoms with E-state index in [1.54, 1.807) is 7.11 Å². The molecule has 1 aliphatic rings. The van der Waals surface area contributed by atoms with Crippen molar-refractivity contribution in [1.82, 2.24) is 10.3 Å². The molecule has 3 nitrogen and oxygen atoms in total. The zero-order valence-electron chi connectivity index (χ0n) is 7.97. The number of methoxy groups -OCH3 is 1. The monoisotopic (exact) mass is 180 g/mol. The van der Waals surface area contributed by atoms with Crippen molar-refractivity contribution < 1.29 is 4.74 Å². The van der Waals surface area contributed by atoms with Crippen LogP contribution >= 0.6 is 0 Å². The Kier molecular flexibility index (Phi) is 2.54. The fraction of sp³-hybridized carbons (Fsp3) is 0.600. The topological polar surface area (TPSA) is 37.0 Å². The van der Waals surface area contributed by atoms with Crippen molar-refractivity contribution in [2.75, 3.05) is 13.7 Å². The maximum atomic E-state index is 5.27. The van der Waals surface area contributed by atoms with Crippen molar-refractivity contribution in [2.45, 2.75) is 25.3 Å². The number of piperidine rings is 1. The molecule has 2 rings (SSSR count). The van der Waals surface area contributed by atoms with Crippen molar-refractivity contribution in [3.8, 4) is 5.75 Å². The van der Waals surface area contributed by atoms with Gasteiger partial charge in [0.1, 0.15) is 5.75 Å². The molecule has 0 aromatic carbocycles. The first-order chi connectivity index (χ1) is 6.42. The van der Waals surface area contributed by atoms with Gasteiger partial charge in [-0.15, -0.1) is 0 Å². The molecule has 1 aromatic rings. The van der Waals surface area contributed by atoms with E-state index in [0.717, 1.165) is 12.3 Å². The maximum Gasteiger partial charge on any atom is 0.141 e. The predicted octanol–water partition coefficient (Wildman–Crippen LogP) is 1.84. The van der Waals surface area contributed by atoms with Gasteiger partial charge < -0.3 is 15.0 Å². The molecule has 0 amide bonds. The maximum absolute atomic E-state index is 5.27. The SMILES string of the molecule is COc1cc[nH]c1[C@H]1CCCCN1. The van der Waals surface area contributed by atoms with Gasteiger partial charge in [0.05, 0.1) is 18.8 Å². The highest BCUT2D eigenvalue weighted by Gasteiger charge is 2.18. The van der Waals surface area contributed by atoms with E-state index in [1.807, 2.05) is 12.3 Å². The molecule has 2 heterocycles. The average molecular weight is 180 g/mol. The third-order valence-corrected chi connectivity index (χ3v) is 2.62. The fourth-order valence-corrected chi connectivity index (χ4v) is 1.92. The molecule has 13 heavy (non-hydrogen) atoms. The summed E-state index contributed by atoms with van der Waals surface area (Å²) >= 11 is 0. The summed E-state index contributed by atoms with van der Waals surface area (Å²) in [7, 11) is 1.72. The fourth-order valence-electron chi connectivity index (χ4n) is 1.92. The Morgan fingerprint density at radius 3 is 3.08 bits per heavy atom. The predicted molar refractivity (Wildman–Crippen MR) is 51.9 cm³/mol. The van der Waals surface area contributed by atoms with Gasteiger partial charge in [-0.05, 0) is 25.5 Å². The van der Waals surface area contributed by atoms with Crippen LogP contribution in [0.25, 0.3) is 0 Å². The Labute approximate surface area is 78.5 Å². The van der Waals surface area contributed by atoms with Crippen molar-refractivity contribution in [1.29, 1.82) is 0 Å². The minimum absolute atomic E-state index is 0.457. The van der Waals surface area contributed by atoms with Crippen LogP contribution in [-0.2, 0) is 0 Å². The van der Waals surface area contributed by atoms with Gasteiger partial charge in [-0.1, -0.05) is 6.42 Å². The first-order valence-corrected chi connectivity index (χ1v) is 4.86. The number of H-pyrrole nitrogens is 1. The largest absolute Gasteiger partial charge is 0.495 e. The summed E-state index contributed by atoms with van der Waals surface area (Å²) in [6.07, 6.45) is 5.74. The lowest BCUT2D eigenvalue weighted by Gasteiger charge is -2.23. The number of rotatable bonds is 2. The van der Waals surface area contributed by atoms with Crippen molar-refractivity contribution >= 4 is 0 Å². The van der Waals surface area contributed by atoms with Crippen molar-refractivity contribution in [3.05, 3.63) is 18.0 Å². The Morgan fingerprint density at radius 1 is 1.46 bits per heavy atom. The normalized spacial score (nSPS) is 23.0. The van der Waals surface area contributed by atoms with E-state index < -0.39 is 0 Å². The van der Waals surface area contributed by atoms with Gasteiger partial charge >= 0.3 is 0 Å². The molecule has 1 fully saturated rings.